The standard InChI is InChI=1S/C14H13BrN2O2/c1-2-13(14(18)10-7-16-9-17-8-10)19-12-5-3-11(15)4-6-12/h3-9,13H,2H2,1H3. The summed E-state index contributed by atoms with van der Waals surface area (Å²) < 4.78 is 6.68. The molecule has 1 atom stereocenters. The molecule has 0 saturated heterocycles. The lowest BCUT2D eigenvalue weighted by molar-refractivity contribution is 0.0786. The van der Waals surface area contributed by atoms with Crippen molar-refractivity contribution in [1.82, 2.24) is 9.97 Å². The third-order valence-electron chi connectivity index (χ3n) is 2.60. The van der Waals surface area contributed by atoms with Gasteiger partial charge in [0, 0.05) is 16.9 Å². The van der Waals surface area contributed by atoms with Crippen LogP contribution in [0.4, 0.5) is 0 Å². The van der Waals surface area contributed by atoms with Crippen LogP contribution >= 0.6 is 15.9 Å². The van der Waals surface area contributed by atoms with Gasteiger partial charge >= 0.3 is 0 Å². The molecule has 0 aliphatic heterocycles. The molecule has 1 heterocycles. The molecule has 0 radical (unpaired) electrons. The van der Waals surface area contributed by atoms with Gasteiger partial charge in [-0.05, 0) is 30.7 Å². The Bertz CT molecular complexity index is 543. The highest BCUT2D eigenvalue weighted by molar-refractivity contribution is 9.10. The largest absolute Gasteiger partial charge is 0.482 e. The molecule has 5 heteroatoms. The lowest BCUT2D eigenvalue weighted by Crippen LogP contribution is -2.26. The van der Waals surface area contributed by atoms with Crippen molar-refractivity contribution in [3.05, 3.63) is 53.0 Å². The van der Waals surface area contributed by atoms with E-state index in [0.717, 1.165) is 4.47 Å². The third-order valence-corrected chi connectivity index (χ3v) is 3.13. The number of Topliss-reactive ketones (excluding diaryl/α,β-unsaturated/α-hetero) is 1. The zero-order chi connectivity index (χ0) is 13.7. The molecule has 0 aliphatic rings. The van der Waals surface area contributed by atoms with Gasteiger partial charge in [-0.2, -0.15) is 0 Å². The van der Waals surface area contributed by atoms with E-state index in [0.29, 0.717) is 17.7 Å². The molecule has 4 nitrogen and oxygen atoms in total. The Hall–Kier alpha value is -1.75. The number of hydrogen-bond donors (Lipinski definition) is 0. The van der Waals surface area contributed by atoms with E-state index in [-0.39, 0.29) is 5.78 Å². The molecular weight excluding hydrogens is 308 g/mol. The minimum atomic E-state index is -0.521. The van der Waals surface area contributed by atoms with Crippen LogP contribution < -0.4 is 4.74 Å². The van der Waals surface area contributed by atoms with Crippen LogP contribution in [0.3, 0.4) is 0 Å². The summed E-state index contributed by atoms with van der Waals surface area (Å²) in [6.45, 7) is 1.91. The molecule has 0 N–H and O–H groups in total. The highest BCUT2D eigenvalue weighted by Gasteiger charge is 2.20. The minimum absolute atomic E-state index is 0.106. The number of benzene rings is 1. The van der Waals surface area contributed by atoms with Crippen LogP contribution in [-0.2, 0) is 0 Å². The number of carbonyl (C=O) groups excluding carboxylic acids is 1. The smallest absolute Gasteiger partial charge is 0.206 e. The summed E-state index contributed by atoms with van der Waals surface area (Å²) in [5, 5.41) is 0. The molecule has 98 valence electrons. The predicted octanol–water partition coefficient (Wildman–Crippen LogP) is 3.28. The predicted molar refractivity (Wildman–Crippen MR) is 75.2 cm³/mol. The lowest BCUT2D eigenvalue weighted by Gasteiger charge is -2.16. The van der Waals surface area contributed by atoms with Gasteiger partial charge in [0.05, 0.1) is 5.56 Å². The van der Waals surface area contributed by atoms with Crippen LogP contribution in [0, 0.1) is 0 Å². The van der Waals surface area contributed by atoms with Gasteiger partial charge in [0.2, 0.25) is 5.78 Å². The average Bonchev–Trinajstić information content (AvgIpc) is 2.47. The molecule has 2 aromatic rings. The summed E-state index contributed by atoms with van der Waals surface area (Å²) in [4.78, 5) is 19.9. The molecule has 0 bridgehead atoms. The van der Waals surface area contributed by atoms with Crippen molar-refractivity contribution >= 4 is 21.7 Å². The van der Waals surface area contributed by atoms with Crippen LogP contribution in [0.25, 0.3) is 0 Å². The Labute approximate surface area is 120 Å². The normalized spacial score (nSPS) is 11.9. The number of hydrogen-bond acceptors (Lipinski definition) is 4. The number of carbonyl (C=O) groups is 1. The first-order valence-electron chi connectivity index (χ1n) is 5.92. The van der Waals surface area contributed by atoms with Crippen molar-refractivity contribution in [3.8, 4) is 5.75 Å². The highest BCUT2D eigenvalue weighted by atomic mass is 79.9. The second kappa shape index (κ2) is 6.43. The van der Waals surface area contributed by atoms with Gasteiger partial charge in [-0.1, -0.05) is 22.9 Å². The Morgan fingerprint density at radius 2 is 1.89 bits per heavy atom. The second-order valence-electron chi connectivity index (χ2n) is 3.96. The summed E-state index contributed by atoms with van der Waals surface area (Å²) in [7, 11) is 0. The molecule has 19 heavy (non-hydrogen) atoms. The SMILES string of the molecule is CCC(Oc1ccc(Br)cc1)C(=O)c1cncnc1. The first kappa shape index (κ1) is 13.7. The van der Waals surface area contributed by atoms with Crippen molar-refractivity contribution in [2.24, 2.45) is 0 Å². The topological polar surface area (TPSA) is 52.1 Å². The maximum absolute atomic E-state index is 12.2. The van der Waals surface area contributed by atoms with Gasteiger partial charge in [-0.25, -0.2) is 9.97 Å². The van der Waals surface area contributed by atoms with Crippen LogP contribution in [-0.4, -0.2) is 21.9 Å². The van der Waals surface area contributed by atoms with Gasteiger partial charge in [0.15, 0.2) is 6.10 Å². The molecule has 1 aromatic carbocycles. The van der Waals surface area contributed by atoms with Gasteiger partial charge < -0.3 is 4.74 Å². The molecule has 0 amide bonds. The van der Waals surface area contributed by atoms with Crippen LogP contribution in [0.2, 0.25) is 0 Å². The number of aromatic nitrogens is 2. The van der Waals surface area contributed by atoms with Gasteiger partial charge in [-0.3, -0.25) is 4.79 Å². The fraction of sp³-hybridized carbons (Fsp3) is 0.214. The first-order valence-corrected chi connectivity index (χ1v) is 6.71. The van der Waals surface area contributed by atoms with E-state index in [2.05, 4.69) is 25.9 Å². The molecule has 2 rings (SSSR count). The monoisotopic (exact) mass is 320 g/mol. The van der Waals surface area contributed by atoms with E-state index in [1.165, 1.54) is 18.7 Å². The van der Waals surface area contributed by atoms with Crippen LogP contribution in [0.15, 0.2) is 47.5 Å². The third kappa shape index (κ3) is 3.61. The fourth-order valence-corrected chi connectivity index (χ4v) is 1.88. The number of ether oxygens (including phenoxy) is 1. The van der Waals surface area contributed by atoms with Crippen molar-refractivity contribution in [3.63, 3.8) is 0 Å². The van der Waals surface area contributed by atoms with E-state index in [1.54, 1.807) is 0 Å². The molecule has 0 saturated carbocycles. The fourth-order valence-electron chi connectivity index (χ4n) is 1.61. The summed E-state index contributed by atoms with van der Waals surface area (Å²) in [6, 6.07) is 7.39. The Kier molecular flexibility index (Phi) is 4.63. The zero-order valence-corrected chi connectivity index (χ0v) is 12.0. The van der Waals surface area contributed by atoms with E-state index in [9.17, 15) is 4.79 Å². The summed E-state index contributed by atoms with van der Waals surface area (Å²) in [5.74, 6) is 0.561. The molecule has 0 fully saturated rings. The molecule has 0 aliphatic carbocycles. The average molecular weight is 321 g/mol. The molecule has 1 unspecified atom stereocenters. The van der Waals surface area contributed by atoms with Crippen molar-refractivity contribution in [2.45, 2.75) is 19.4 Å². The van der Waals surface area contributed by atoms with Crippen molar-refractivity contribution in [2.75, 3.05) is 0 Å². The second-order valence-corrected chi connectivity index (χ2v) is 4.88. The Morgan fingerprint density at radius 3 is 2.47 bits per heavy atom. The molecular formula is C14H13BrN2O2. The minimum Gasteiger partial charge on any atom is -0.482 e. The van der Waals surface area contributed by atoms with Crippen LogP contribution in [0.1, 0.15) is 23.7 Å². The lowest BCUT2D eigenvalue weighted by atomic mass is 10.1. The molecule has 0 spiro atoms. The van der Waals surface area contributed by atoms with E-state index in [4.69, 9.17) is 4.74 Å². The summed E-state index contributed by atoms with van der Waals surface area (Å²) in [6.07, 6.45) is 4.47. The maximum Gasteiger partial charge on any atom is 0.206 e. The Morgan fingerprint density at radius 1 is 1.26 bits per heavy atom. The number of ketones is 1. The number of halogens is 1. The van der Waals surface area contributed by atoms with Crippen molar-refractivity contribution in [1.29, 1.82) is 0 Å². The number of nitrogens with zero attached hydrogens (tertiary/aromatic N) is 2. The first-order chi connectivity index (χ1) is 9.20. The van der Waals surface area contributed by atoms with Crippen LogP contribution in [0.5, 0.6) is 5.75 Å². The Balaban J connectivity index is 2.12. The van der Waals surface area contributed by atoms with E-state index < -0.39 is 6.10 Å². The van der Waals surface area contributed by atoms with E-state index in [1.807, 2.05) is 31.2 Å². The van der Waals surface area contributed by atoms with Gasteiger partial charge in [0.25, 0.3) is 0 Å². The molecule has 1 aromatic heterocycles. The van der Waals surface area contributed by atoms with Gasteiger partial charge in [0.1, 0.15) is 12.1 Å². The quantitative estimate of drug-likeness (QED) is 0.793. The zero-order valence-electron chi connectivity index (χ0n) is 10.4. The van der Waals surface area contributed by atoms with Gasteiger partial charge in [-0.15, -0.1) is 0 Å². The summed E-state index contributed by atoms with van der Waals surface area (Å²) in [5.41, 5.74) is 0.464. The maximum atomic E-state index is 12.2. The highest BCUT2D eigenvalue weighted by Crippen LogP contribution is 2.19. The number of rotatable bonds is 5. The summed E-state index contributed by atoms with van der Waals surface area (Å²) >= 11 is 3.36. The van der Waals surface area contributed by atoms with Crippen molar-refractivity contribution < 1.29 is 9.53 Å². The van der Waals surface area contributed by atoms with E-state index >= 15 is 0 Å².